The lowest BCUT2D eigenvalue weighted by Gasteiger charge is -2.25. The van der Waals surface area contributed by atoms with Crippen molar-refractivity contribution >= 4 is 23.4 Å². The smallest absolute Gasteiger partial charge is 0.228 e. The molecule has 7 nitrogen and oxygen atoms in total. The number of oxazole rings is 1. The number of amides is 1. The van der Waals surface area contributed by atoms with Crippen molar-refractivity contribution in [2.24, 2.45) is 0 Å². The lowest BCUT2D eigenvalue weighted by atomic mass is 9.92. The number of nitrogens with zero attached hydrogens (tertiary/aromatic N) is 2. The third-order valence-electron chi connectivity index (χ3n) is 4.54. The number of nitrogens with one attached hydrogen (secondary N) is 1. The largest absolute Gasteiger partial charge is 0.444 e. The molecule has 2 aliphatic rings. The van der Waals surface area contributed by atoms with Crippen molar-refractivity contribution in [3.8, 4) is 0 Å². The molecule has 1 unspecified atom stereocenters. The van der Waals surface area contributed by atoms with Crippen LogP contribution in [0.15, 0.2) is 27.9 Å². The van der Waals surface area contributed by atoms with E-state index in [4.69, 9.17) is 9.15 Å². The van der Waals surface area contributed by atoms with Gasteiger partial charge in [-0.15, -0.1) is 0 Å². The number of hydrogen-bond acceptors (Lipinski definition) is 5. The van der Waals surface area contributed by atoms with E-state index < -0.39 is 0 Å². The Bertz CT molecular complexity index is 866. The lowest BCUT2D eigenvalue weighted by molar-refractivity contribution is -0.117. The van der Waals surface area contributed by atoms with Crippen LogP contribution in [-0.4, -0.2) is 35.6 Å². The third kappa shape index (κ3) is 2.37. The summed E-state index contributed by atoms with van der Waals surface area (Å²) in [4.78, 5) is 33.3. The maximum atomic E-state index is 12.6. The third-order valence-corrected chi connectivity index (χ3v) is 4.54. The number of hydrogen-bond donors (Lipinski definition) is 1. The van der Waals surface area contributed by atoms with E-state index in [1.165, 1.54) is 12.5 Å². The molecule has 7 heteroatoms. The van der Waals surface area contributed by atoms with Crippen LogP contribution in [-0.2, 0) is 16.0 Å². The molecular formula is C17H17N3O4. The first-order valence-electron chi connectivity index (χ1n) is 7.87. The van der Waals surface area contributed by atoms with Gasteiger partial charge in [-0.3, -0.25) is 14.5 Å². The number of anilines is 1. The zero-order valence-electron chi connectivity index (χ0n) is 13.2. The van der Waals surface area contributed by atoms with Crippen LogP contribution in [0.5, 0.6) is 0 Å². The normalized spacial score (nSPS) is 20.2. The van der Waals surface area contributed by atoms with Gasteiger partial charge in [0.25, 0.3) is 0 Å². The van der Waals surface area contributed by atoms with Crippen molar-refractivity contribution in [3.63, 3.8) is 0 Å². The second-order valence-electron chi connectivity index (χ2n) is 5.95. The van der Waals surface area contributed by atoms with Gasteiger partial charge in [0.1, 0.15) is 5.82 Å². The van der Waals surface area contributed by atoms with E-state index in [1.807, 2.05) is 0 Å². The number of carbonyl (C=O) groups excluding carboxylic acids is 1. The van der Waals surface area contributed by atoms with Gasteiger partial charge in [0, 0.05) is 49.4 Å². The Morgan fingerprint density at radius 2 is 2.29 bits per heavy atom. The molecule has 2 aromatic heterocycles. The molecule has 0 aromatic carbocycles. The van der Waals surface area contributed by atoms with E-state index in [-0.39, 0.29) is 17.4 Å². The Morgan fingerprint density at radius 1 is 1.42 bits per heavy atom. The first-order chi connectivity index (χ1) is 11.7. The highest BCUT2D eigenvalue weighted by atomic mass is 16.5. The fourth-order valence-corrected chi connectivity index (χ4v) is 3.32. The Balaban J connectivity index is 1.80. The van der Waals surface area contributed by atoms with Gasteiger partial charge in [0.2, 0.25) is 5.91 Å². The number of fused-ring (bicyclic) bond motifs is 1. The molecule has 0 saturated carbocycles. The maximum Gasteiger partial charge on any atom is 0.228 e. The summed E-state index contributed by atoms with van der Waals surface area (Å²) in [6.07, 6.45) is 6.33. The van der Waals surface area contributed by atoms with Crippen LogP contribution in [0, 0.1) is 0 Å². The molecule has 1 saturated heterocycles. The van der Waals surface area contributed by atoms with Gasteiger partial charge >= 0.3 is 0 Å². The number of methoxy groups -OCH3 is 1. The van der Waals surface area contributed by atoms with E-state index in [0.717, 1.165) is 17.7 Å². The highest BCUT2D eigenvalue weighted by Crippen LogP contribution is 2.31. The Labute approximate surface area is 138 Å². The summed E-state index contributed by atoms with van der Waals surface area (Å²) in [7, 11) is 1.62. The summed E-state index contributed by atoms with van der Waals surface area (Å²) in [5.74, 6) is 1.20. The number of aromatic nitrogens is 2. The van der Waals surface area contributed by atoms with Crippen LogP contribution >= 0.6 is 0 Å². The highest BCUT2D eigenvalue weighted by molar-refractivity contribution is 5.94. The fraction of sp³-hybridized carbons (Fsp3) is 0.353. The standard InChI is InChI=1S/C17H17N3O4/c1-23-14-6-12-10(5-11(14)15-8-18-9-24-15)13(21)7-16(19-12)20-4-2-3-17(20)22/h5,7-9,14H,2-4,6H2,1H3,(H,19,21). The number of pyridine rings is 1. The van der Waals surface area contributed by atoms with E-state index >= 15 is 0 Å². The summed E-state index contributed by atoms with van der Waals surface area (Å²) in [5, 5.41) is 0. The molecule has 0 radical (unpaired) electrons. The van der Waals surface area contributed by atoms with Crippen LogP contribution < -0.4 is 10.3 Å². The topological polar surface area (TPSA) is 88.4 Å². The molecule has 1 aliphatic carbocycles. The molecule has 1 atom stereocenters. The van der Waals surface area contributed by atoms with Crippen molar-refractivity contribution in [3.05, 3.63) is 45.9 Å². The van der Waals surface area contributed by atoms with Crippen LogP contribution in [0.3, 0.4) is 0 Å². The zero-order chi connectivity index (χ0) is 16.7. The van der Waals surface area contributed by atoms with E-state index in [9.17, 15) is 9.59 Å². The van der Waals surface area contributed by atoms with Gasteiger partial charge in [-0.1, -0.05) is 0 Å². The minimum Gasteiger partial charge on any atom is -0.444 e. The van der Waals surface area contributed by atoms with Crippen molar-refractivity contribution < 1.29 is 13.9 Å². The van der Waals surface area contributed by atoms with Gasteiger partial charge in [-0.25, -0.2) is 4.98 Å². The number of rotatable bonds is 3. The van der Waals surface area contributed by atoms with Gasteiger partial charge in [-0.05, 0) is 12.5 Å². The van der Waals surface area contributed by atoms with Crippen molar-refractivity contribution in [2.75, 3.05) is 18.6 Å². The molecule has 0 bridgehead atoms. The first kappa shape index (κ1) is 14.9. The number of aromatic amines is 1. The van der Waals surface area contributed by atoms with Gasteiger partial charge in [0.15, 0.2) is 17.6 Å². The summed E-state index contributed by atoms with van der Waals surface area (Å²) < 4.78 is 10.9. The molecule has 1 fully saturated rings. The first-order valence-corrected chi connectivity index (χ1v) is 7.87. The Kier molecular flexibility index (Phi) is 3.57. The average molecular weight is 327 g/mol. The summed E-state index contributed by atoms with van der Waals surface area (Å²) in [5.41, 5.74) is 2.01. The van der Waals surface area contributed by atoms with Gasteiger partial charge < -0.3 is 14.1 Å². The molecule has 1 aliphatic heterocycles. The number of H-pyrrole nitrogens is 1. The zero-order valence-corrected chi connectivity index (χ0v) is 13.2. The molecule has 24 heavy (non-hydrogen) atoms. The summed E-state index contributed by atoms with van der Waals surface area (Å²) >= 11 is 0. The van der Waals surface area contributed by atoms with Crippen molar-refractivity contribution in [2.45, 2.75) is 25.4 Å². The predicted octanol–water partition coefficient (Wildman–Crippen LogP) is 1.60. The lowest BCUT2D eigenvalue weighted by Crippen LogP contribution is -2.29. The van der Waals surface area contributed by atoms with Crippen molar-refractivity contribution in [1.82, 2.24) is 9.97 Å². The SMILES string of the molecule is COC1Cc2[nH]c(N3CCCC3=O)cc(=O)c2C=C1c1cnco1. The summed E-state index contributed by atoms with van der Waals surface area (Å²) in [6.45, 7) is 0.639. The number of ether oxygens (including phenoxy) is 1. The maximum absolute atomic E-state index is 12.6. The van der Waals surface area contributed by atoms with E-state index in [1.54, 1.807) is 24.3 Å². The van der Waals surface area contributed by atoms with E-state index in [0.29, 0.717) is 36.5 Å². The monoisotopic (exact) mass is 327 g/mol. The van der Waals surface area contributed by atoms with Crippen LogP contribution in [0.1, 0.15) is 29.9 Å². The highest BCUT2D eigenvalue weighted by Gasteiger charge is 2.29. The minimum absolute atomic E-state index is 0.0441. The second-order valence-corrected chi connectivity index (χ2v) is 5.95. The summed E-state index contributed by atoms with van der Waals surface area (Å²) in [6, 6.07) is 1.49. The van der Waals surface area contributed by atoms with Crippen molar-refractivity contribution in [1.29, 1.82) is 0 Å². The molecule has 2 aromatic rings. The molecule has 3 heterocycles. The van der Waals surface area contributed by atoms with Crippen LogP contribution in [0.25, 0.3) is 11.6 Å². The molecule has 0 spiro atoms. The Morgan fingerprint density at radius 3 is 2.96 bits per heavy atom. The minimum atomic E-state index is -0.245. The van der Waals surface area contributed by atoms with Crippen LogP contribution in [0.4, 0.5) is 5.82 Å². The van der Waals surface area contributed by atoms with Gasteiger partial charge in [0.05, 0.1) is 12.3 Å². The second kappa shape index (κ2) is 5.76. The predicted molar refractivity (Wildman–Crippen MR) is 87.5 cm³/mol. The van der Waals surface area contributed by atoms with Gasteiger partial charge in [-0.2, -0.15) is 0 Å². The average Bonchev–Trinajstić information content (AvgIpc) is 3.25. The molecule has 1 amide bonds. The molecular weight excluding hydrogens is 310 g/mol. The Hall–Kier alpha value is -2.67. The molecule has 124 valence electrons. The van der Waals surface area contributed by atoms with Crippen LogP contribution in [0.2, 0.25) is 0 Å². The molecule has 4 rings (SSSR count). The van der Waals surface area contributed by atoms with E-state index in [2.05, 4.69) is 9.97 Å². The molecule has 1 N–H and O–H groups in total. The quantitative estimate of drug-likeness (QED) is 0.925. The number of carbonyl (C=O) groups is 1. The fourth-order valence-electron chi connectivity index (χ4n) is 3.32.